The van der Waals surface area contributed by atoms with Gasteiger partial charge in [0.1, 0.15) is 9.49 Å². The molecule has 7 nitrogen and oxygen atoms in total. The quantitative estimate of drug-likeness (QED) is 0.667. The molecule has 9 heteroatoms. The molecule has 1 aliphatic heterocycles. The fourth-order valence-electron chi connectivity index (χ4n) is 2.00. The lowest BCUT2D eigenvalue weighted by Crippen LogP contribution is -2.60. The minimum absolute atomic E-state index is 0.142. The van der Waals surface area contributed by atoms with Crippen molar-refractivity contribution in [2.45, 2.75) is 0 Å². The van der Waals surface area contributed by atoms with Crippen LogP contribution in [0.1, 0.15) is 11.1 Å². The van der Waals surface area contributed by atoms with Gasteiger partial charge < -0.3 is 9.57 Å². The van der Waals surface area contributed by atoms with Crippen LogP contribution < -0.4 is 18.7 Å². The molecule has 0 N–H and O–H groups in total. The molecule has 3 rings (SSSR count). The Morgan fingerprint density at radius 3 is 2.21 bits per heavy atom. The van der Waals surface area contributed by atoms with Gasteiger partial charge in [0, 0.05) is 11.1 Å². The topological polar surface area (TPSA) is 109 Å². The molecule has 1 unspecified atom stereocenters. The molecule has 0 saturated heterocycles. The van der Waals surface area contributed by atoms with E-state index in [4.69, 9.17) is 9.57 Å². The zero-order valence-electron chi connectivity index (χ0n) is 12.4. The molecule has 1 aliphatic rings. The maximum Gasteiger partial charge on any atom is 0.235 e. The Labute approximate surface area is 142 Å². The van der Waals surface area contributed by atoms with Gasteiger partial charge in [-0.05, 0) is 24.3 Å². The van der Waals surface area contributed by atoms with Crippen LogP contribution in [0.3, 0.4) is 0 Å². The number of oxime groups is 1. The molecule has 0 aromatic heterocycles. The minimum Gasteiger partial charge on any atom is -0.497 e. The lowest BCUT2D eigenvalue weighted by molar-refractivity contribution is -1.91. The second-order valence-corrected chi connectivity index (χ2v) is 7.13. The Hall–Kier alpha value is -1.94. The predicted molar refractivity (Wildman–Crippen MR) is 79.8 cm³/mol. The van der Waals surface area contributed by atoms with Gasteiger partial charge >= 0.3 is 0 Å². The SMILES string of the molecule is COc1ccc(C2=S(O[Cl+3]([O-])([O-])[O-])C(c3ccccc3)=NO2)cc1. The van der Waals surface area contributed by atoms with Crippen LogP contribution in [0.15, 0.2) is 59.8 Å². The number of hydrogen-bond donors (Lipinski definition) is 0. The number of hydrogen-bond acceptors (Lipinski definition) is 7. The summed E-state index contributed by atoms with van der Waals surface area (Å²) in [6, 6.07) is 15.4. The highest BCUT2D eigenvalue weighted by molar-refractivity contribution is 8.25. The smallest absolute Gasteiger partial charge is 0.235 e. The van der Waals surface area contributed by atoms with E-state index in [1.165, 1.54) is 7.11 Å². The summed E-state index contributed by atoms with van der Waals surface area (Å²) in [6.07, 6.45) is 0. The van der Waals surface area contributed by atoms with Crippen molar-refractivity contribution in [2.24, 2.45) is 5.16 Å². The largest absolute Gasteiger partial charge is 0.497 e. The molecule has 0 aliphatic carbocycles. The molecule has 2 aromatic carbocycles. The Morgan fingerprint density at radius 2 is 1.62 bits per heavy atom. The van der Waals surface area contributed by atoms with Gasteiger partial charge in [0.05, 0.1) is 17.4 Å². The molecule has 0 radical (unpaired) electrons. The van der Waals surface area contributed by atoms with Crippen molar-refractivity contribution in [3.8, 4) is 5.75 Å². The van der Waals surface area contributed by atoms with Crippen LogP contribution in [-0.4, -0.2) is 17.2 Å². The maximum absolute atomic E-state index is 11.1. The van der Waals surface area contributed by atoms with E-state index in [2.05, 4.69) is 8.89 Å². The van der Waals surface area contributed by atoms with E-state index in [9.17, 15) is 14.0 Å². The Kier molecular flexibility index (Phi) is 4.86. The third-order valence-corrected chi connectivity index (χ3v) is 5.47. The van der Waals surface area contributed by atoms with Gasteiger partial charge in [0.2, 0.25) is 15.8 Å². The summed E-state index contributed by atoms with van der Waals surface area (Å²) in [4.78, 5) is 5.28. The first-order valence-electron chi connectivity index (χ1n) is 6.65. The second-order valence-electron chi connectivity index (χ2n) is 4.58. The van der Waals surface area contributed by atoms with Crippen LogP contribution >= 0.6 is 10.8 Å². The fraction of sp³-hybridized carbons (Fsp3) is 0.0667. The zero-order chi connectivity index (χ0) is 17.2. The minimum atomic E-state index is -4.65. The second kappa shape index (κ2) is 6.89. The Bertz CT molecular complexity index is 786. The summed E-state index contributed by atoms with van der Waals surface area (Å²) in [5.74, 6) is 0.622. The van der Waals surface area contributed by atoms with Crippen LogP contribution in [0.2, 0.25) is 0 Å². The number of nitrogens with zero attached hydrogens (tertiary/aromatic N) is 1. The summed E-state index contributed by atoms with van der Waals surface area (Å²) in [7, 11) is -4.72. The van der Waals surface area contributed by atoms with Crippen LogP contribution in [0.4, 0.5) is 0 Å². The average molecular weight is 370 g/mol. The number of ether oxygens (including phenoxy) is 1. The third kappa shape index (κ3) is 3.75. The van der Waals surface area contributed by atoms with Crippen molar-refractivity contribution in [2.75, 3.05) is 7.11 Å². The lowest BCUT2D eigenvalue weighted by atomic mass is 10.2. The molecule has 24 heavy (non-hydrogen) atoms. The standard InChI is InChI=1S/C15H12ClNO6S/c1-21-13-9-7-12(8-10-13)15-22-17-14(11-5-3-2-4-6-11)24(15)23-16(18,19)20/h2-10H,1H3. The third-order valence-electron chi connectivity index (χ3n) is 3.04. The number of halogens is 1. The first-order chi connectivity index (χ1) is 11.5. The monoisotopic (exact) mass is 369 g/mol. The molecule has 0 spiro atoms. The number of benzene rings is 2. The van der Waals surface area contributed by atoms with Gasteiger partial charge in [-0.1, -0.05) is 35.5 Å². The van der Waals surface area contributed by atoms with Gasteiger partial charge in [-0.3, -0.25) is 0 Å². The molecule has 0 fully saturated rings. The van der Waals surface area contributed by atoms with Crippen LogP contribution in [0, 0.1) is 10.2 Å². The summed E-state index contributed by atoms with van der Waals surface area (Å²) >= 11 is 0. The van der Waals surface area contributed by atoms with E-state index < -0.39 is 21.0 Å². The van der Waals surface area contributed by atoms with Crippen molar-refractivity contribution in [3.05, 3.63) is 65.7 Å². The molecule has 0 bridgehead atoms. The van der Waals surface area contributed by atoms with E-state index in [0.717, 1.165) is 0 Å². The Morgan fingerprint density at radius 1 is 0.958 bits per heavy atom. The van der Waals surface area contributed by atoms with E-state index in [1.54, 1.807) is 54.6 Å². The molecule has 0 amide bonds. The maximum atomic E-state index is 11.1. The van der Waals surface area contributed by atoms with Crippen LogP contribution in [0.25, 0.3) is 0 Å². The van der Waals surface area contributed by atoms with Gasteiger partial charge in [-0.15, -0.1) is 0 Å². The van der Waals surface area contributed by atoms with Gasteiger partial charge in [-0.2, -0.15) is 14.0 Å². The van der Waals surface area contributed by atoms with Gasteiger partial charge in [0.15, 0.2) is 5.04 Å². The van der Waals surface area contributed by atoms with Crippen molar-refractivity contribution >= 4 is 20.9 Å². The lowest BCUT2D eigenvalue weighted by Gasteiger charge is -2.13. The normalized spacial score (nSPS) is 17.4. The summed E-state index contributed by atoms with van der Waals surface area (Å²) in [5, 5.41) is 4.27. The van der Waals surface area contributed by atoms with E-state index >= 15 is 0 Å². The molecule has 126 valence electrons. The molecule has 1 atom stereocenters. The fourth-order valence-corrected chi connectivity index (χ4v) is 4.17. The van der Waals surface area contributed by atoms with E-state index in [-0.39, 0.29) is 10.1 Å². The average Bonchev–Trinajstić information content (AvgIpc) is 2.97. The van der Waals surface area contributed by atoms with Crippen LogP contribution in [-0.2, 0) is 8.57 Å². The van der Waals surface area contributed by atoms with Crippen molar-refractivity contribution < 1.29 is 37.5 Å². The summed E-state index contributed by atoms with van der Waals surface area (Å²) in [5.41, 5.74) is 1.14. The van der Waals surface area contributed by atoms with E-state index in [1.807, 2.05) is 0 Å². The van der Waals surface area contributed by atoms with Crippen molar-refractivity contribution in [1.82, 2.24) is 0 Å². The van der Waals surface area contributed by atoms with Crippen molar-refractivity contribution in [3.63, 3.8) is 0 Å². The summed E-state index contributed by atoms with van der Waals surface area (Å²) < 4.78 is 43.1. The molecule has 0 saturated carbocycles. The Balaban J connectivity index is 2.04. The first kappa shape index (κ1) is 16.9. The number of methoxy groups -OCH3 is 1. The highest BCUT2D eigenvalue weighted by Gasteiger charge is 2.36. The summed E-state index contributed by atoms with van der Waals surface area (Å²) in [6.45, 7) is 0. The van der Waals surface area contributed by atoms with Gasteiger partial charge in [0.25, 0.3) is 0 Å². The first-order valence-corrected chi connectivity index (χ1v) is 9.03. The molecule has 2 aromatic rings. The number of rotatable bonds is 5. The van der Waals surface area contributed by atoms with E-state index in [0.29, 0.717) is 16.9 Å². The zero-order valence-corrected chi connectivity index (χ0v) is 14.0. The van der Waals surface area contributed by atoms with Crippen molar-refractivity contribution in [1.29, 1.82) is 0 Å². The molecular weight excluding hydrogens is 358 g/mol. The molecular formula is C15H12ClNO6S. The van der Waals surface area contributed by atoms with Crippen LogP contribution in [0.5, 0.6) is 5.75 Å². The molecule has 1 heterocycles. The van der Waals surface area contributed by atoms with Gasteiger partial charge in [-0.25, -0.2) is 0 Å². The predicted octanol–water partition coefficient (Wildman–Crippen LogP) is -0.337. The highest BCUT2D eigenvalue weighted by Crippen LogP contribution is 2.34. The highest BCUT2D eigenvalue weighted by atomic mass is 35.7.